The van der Waals surface area contributed by atoms with Crippen LogP contribution in [-0.4, -0.2) is 33.4 Å². The second-order valence-electron chi connectivity index (χ2n) is 10.2. The molecule has 5 aromatic carbocycles. The number of piperidine rings is 1. The van der Waals surface area contributed by atoms with Crippen LogP contribution in [0.3, 0.4) is 0 Å². The predicted octanol–water partition coefficient (Wildman–Crippen LogP) is 7.68. The van der Waals surface area contributed by atoms with Crippen LogP contribution in [0.5, 0.6) is 0 Å². The van der Waals surface area contributed by atoms with Crippen molar-refractivity contribution in [2.45, 2.75) is 25.8 Å². The summed E-state index contributed by atoms with van der Waals surface area (Å²) in [6.45, 7) is 2.37. The van der Waals surface area contributed by atoms with Gasteiger partial charge in [0.1, 0.15) is 5.82 Å². The highest BCUT2D eigenvalue weighted by molar-refractivity contribution is 6.00. The van der Waals surface area contributed by atoms with Crippen molar-refractivity contribution in [1.82, 2.24) is 14.5 Å². The number of aromatic nitrogens is 2. The summed E-state index contributed by atoms with van der Waals surface area (Å²) in [6, 6.07) is 35.9. The molecule has 0 bridgehead atoms. The Balaban J connectivity index is 1.41. The number of amides is 1. The highest BCUT2D eigenvalue weighted by Crippen LogP contribution is 2.33. The van der Waals surface area contributed by atoms with E-state index in [4.69, 9.17) is 4.98 Å². The second kappa shape index (κ2) is 9.46. The van der Waals surface area contributed by atoms with Crippen LogP contribution >= 0.6 is 0 Å². The van der Waals surface area contributed by atoms with E-state index in [1.54, 1.807) is 0 Å². The molecule has 186 valence electrons. The van der Waals surface area contributed by atoms with Crippen LogP contribution in [0.15, 0.2) is 103 Å². The zero-order chi connectivity index (χ0) is 25.5. The van der Waals surface area contributed by atoms with Gasteiger partial charge in [-0.3, -0.25) is 4.79 Å². The number of rotatable bonds is 4. The van der Waals surface area contributed by atoms with Crippen molar-refractivity contribution >= 4 is 38.5 Å². The highest BCUT2D eigenvalue weighted by atomic mass is 16.2. The molecule has 0 atom stereocenters. The average Bonchev–Trinajstić information content (AvgIpc) is 3.34. The van der Waals surface area contributed by atoms with Gasteiger partial charge in [0.05, 0.1) is 17.6 Å². The van der Waals surface area contributed by atoms with Gasteiger partial charge in [-0.15, -0.1) is 0 Å². The monoisotopic (exact) mass is 495 g/mol. The van der Waals surface area contributed by atoms with Gasteiger partial charge in [-0.2, -0.15) is 0 Å². The maximum Gasteiger partial charge on any atom is 0.253 e. The summed E-state index contributed by atoms with van der Waals surface area (Å²) in [5.74, 6) is 1.04. The zero-order valence-corrected chi connectivity index (χ0v) is 21.3. The molecule has 0 aliphatic carbocycles. The maximum absolute atomic E-state index is 13.3. The van der Waals surface area contributed by atoms with Crippen molar-refractivity contribution in [3.8, 4) is 11.4 Å². The molecule has 0 N–H and O–H groups in total. The normalized spacial score (nSPS) is 13.9. The summed E-state index contributed by atoms with van der Waals surface area (Å²) < 4.78 is 2.31. The van der Waals surface area contributed by atoms with Crippen LogP contribution in [0.2, 0.25) is 0 Å². The molecule has 38 heavy (non-hydrogen) atoms. The Labute approximate surface area is 222 Å². The molecule has 1 fully saturated rings. The average molecular weight is 496 g/mol. The molecular formula is C34H29N3O. The van der Waals surface area contributed by atoms with Gasteiger partial charge < -0.3 is 9.47 Å². The van der Waals surface area contributed by atoms with Gasteiger partial charge in [-0.1, -0.05) is 84.9 Å². The minimum Gasteiger partial charge on any atom is -0.339 e. The third-order valence-electron chi connectivity index (χ3n) is 7.88. The van der Waals surface area contributed by atoms with E-state index in [-0.39, 0.29) is 5.91 Å². The van der Waals surface area contributed by atoms with E-state index in [1.165, 1.54) is 33.5 Å². The van der Waals surface area contributed by atoms with Crippen molar-refractivity contribution in [3.63, 3.8) is 0 Å². The Morgan fingerprint density at radius 3 is 2.21 bits per heavy atom. The SMILES string of the molecule is O=C(c1ccc2c(c1)nc(-c1cccc3ccccc13)n2Cc1cccc2ccccc12)N1CCCCC1. The van der Waals surface area contributed by atoms with Gasteiger partial charge in [-0.25, -0.2) is 4.98 Å². The Morgan fingerprint density at radius 1 is 0.711 bits per heavy atom. The predicted molar refractivity (Wildman–Crippen MR) is 155 cm³/mol. The van der Waals surface area contributed by atoms with E-state index in [2.05, 4.69) is 95.6 Å². The lowest BCUT2D eigenvalue weighted by Gasteiger charge is -2.26. The number of nitrogens with zero attached hydrogens (tertiary/aromatic N) is 3. The number of carbonyl (C=O) groups is 1. The number of benzene rings is 5. The maximum atomic E-state index is 13.3. The summed E-state index contributed by atoms with van der Waals surface area (Å²) in [6.07, 6.45) is 3.37. The van der Waals surface area contributed by atoms with Gasteiger partial charge in [0.15, 0.2) is 0 Å². The fraction of sp³-hybridized carbons (Fsp3) is 0.176. The van der Waals surface area contributed by atoms with E-state index in [9.17, 15) is 4.79 Å². The van der Waals surface area contributed by atoms with Crippen LogP contribution in [0.4, 0.5) is 0 Å². The van der Waals surface area contributed by atoms with Gasteiger partial charge in [0.2, 0.25) is 0 Å². The standard InChI is InChI=1S/C34H29N3O/c38-34(36-20-6-1-7-21-36)26-18-19-32-31(22-26)35-33(30-17-9-13-25-11-3-5-16-29(25)30)37(32)23-27-14-8-12-24-10-2-4-15-28(24)27/h2-5,8-19,22H,1,6-7,20-21,23H2. The van der Waals surface area contributed by atoms with Crippen molar-refractivity contribution in [2.24, 2.45) is 0 Å². The topological polar surface area (TPSA) is 38.1 Å². The van der Waals surface area contributed by atoms with Crippen LogP contribution in [0.25, 0.3) is 44.0 Å². The molecule has 0 saturated carbocycles. The Morgan fingerprint density at radius 2 is 1.39 bits per heavy atom. The molecular weight excluding hydrogens is 466 g/mol. The molecule has 2 heterocycles. The van der Waals surface area contributed by atoms with Gasteiger partial charge in [-0.05, 0) is 64.6 Å². The van der Waals surface area contributed by atoms with Gasteiger partial charge in [0.25, 0.3) is 5.91 Å². The third-order valence-corrected chi connectivity index (χ3v) is 7.88. The quantitative estimate of drug-likeness (QED) is 0.251. The van der Waals surface area contributed by atoms with Crippen molar-refractivity contribution < 1.29 is 4.79 Å². The summed E-state index contributed by atoms with van der Waals surface area (Å²) >= 11 is 0. The third kappa shape index (κ3) is 3.93. The first-order chi connectivity index (χ1) is 18.8. The number of hydrogen-bond donors (Lipinski definition) is 0. The first-order valence-electron chi connectivity index (χ1n) is 13.5. The first kappa shape index (κ1) is 22.7. The summed E-state index contributed by atoms with van der Waals surface area (Å²) in [4.78, 5) is 20.5. The fourth-order valence-corrected chi connectivity index (χ4v) is 5.93. The molecule has 1 amide bonds. The number of likely N-dealkylation sites (tertiary alicyclic amines) is 1. The van der Waals surface area contributed by atoms with E-state index in [1.807, 2.05) is 17.0 Å². The fourth-order valence-electron chi connectivity index (χ4n) is 5.93. The van der Waals surface area contributed by atoms with Gasteiger partial charge >= 0.3 is 0 Å². The zero-order valence-electron chi connectivity index (χ0n) is 21.3. The highest BCUT2D eigenvalue weighted by Gasteiger charge is 2.21. The molecule has 0 unspecified atom stereocenters. The molecule has 4 nitrogen and oxygen atoms in total. The summed E-state index contributed by atoms with van der Waals surface area (Å²) in [5, 5.41) is 4.84. The summed E-state index contributed by atoms with van der Waals surface area (Å²) in [7, 11) is 0. The Hall–Kier alpha value is -4.44. The number of hydrogen-bond acceptors (Lipinski definition) is 2. The van der Waals surface area contributed by atoms with Crippen LogP contribution in [0, 0.1) is 0 Å². The lowest BCUT2D eigenvalue weighted by Crippen LogP contribution is -2.35. The molecule has 7 rings (SSSR count). The number of carbonyl (C=O) groups excluding carboxylic acids is 1. The van der Waals surface area contributed by atoms with Crippen LogP contribution in [0.1, 0.15) is 35.2 Å². The molecule has 6 aromatic rings. The second-order valence-corrected chi connectivity index (χ2v) is 10.2. The molecule has 4 heteroatoms. The minimum absolute atomic E-state index is 0.113. The smallest absolute Gasteiger partial charge is 0.253 e. The van der Waals surface area contributed by atoms with Crippen molar-refractivity contribution in [1.29, 1.82) is 0 Å². The molecule has 1 aliphatic rings. The van der Waals surface area contributed by atoms with E-state index in [0.29, 0.717) is 6.54 Å². The lowest BCUT2D eigenvalue weighted by atomic mass is 10.0. The minimum atomic E-state index is 0.113. The molecule has 1 aromatic heterocycles. The van der Waals surface area contributed by atoms with Crippen LogP contribution < -0.4 is 0 Å². The Kier molecular flexibility index (Phi) is 5.66. The van der Waals surface area contributed by atoms with Crippen molar-refractivity contribution in [2.75, 3.05) is 13.1 Å². The number of fused-ring (bicyclic) bond motifs is 3. The van der Waals surface area contributed by atoms with Gasteiger partial charge in [0, 0.05) is 24.2 Å². The molecule has 1 aliphatic heterocycles. The molecule has 1 saturated heterocycles. The van der Waals surface area contributed by atoms with Crippen LogP contribution in [-0.2, 0) is 6.54 Å². The van der Waals surface area contributed by atoms with E-state index < -0.39 is 0 Å². The first-order valence-corrected chi connectivity index (χ1v) is 13.5. The Bertz CT molecular complexity index is 1800. The van der Waals surface area contributed by atoms with E-state index in [0.717, 1.165) is 53.9 Å². The molecule has 0 radical (unpaired) electrons. The van der Waals surface area contributed by atoms with E-state index >= 15 is 0 Å². The largest absolute Gasteiger partial charge is 0.339 e. The number of imidazole rings is 1. The summed E-state index contributed by atoms with van der Waals surface area (Å²) in [5.41, 5.74) is 4.96. The van der Waals surface area contributed by atoms with Crippen molar-refractivity contribution in [3.05, 3.63) is 114 Å². The lowest BCUT2D eigenvalue weighted by molar-refractivity contribution is 0.0724. The molecule has 0 spiro atoms.